The lowest BCUT2D eigenvalue weighted by Crippen LogP contribution is -2.34. The zero-order valence-corrected chi connectivity index (χ0v) is 15.8. The van der Waals surface area contributed by atoms with Gasteiger partial charge >= 0.3 is 12.8 Å². The molecule has 30 heavy (non-hydrogen) atoms. The Balaban J connectivity index is 1.38. The molecular formula is C19H20F5N5O. The van der Waals surface area contributed by atoms with Crippen molar-refractivity contribution in [1.29, 1.82) is 0 Å². The van der Waals surface area contributed by atoms with Crippen molar-refractivity contribution in [2.24, 2.45) is 11.8 Å². The maximum Gasteiger partial charge on any atom is 0.401 e. The van der Waals surface area contributed by atoms with Crippen molar-refractivity contribution >= 4 is 5.82 Å². The van der Waals surface area contributed by atoms with Gasteiger partial charge in [0, 0.05) is 43.0 Å². The molecule has 0 radical (unpaired) electrons. The van der Waals surface area contributed by atoms with Crippen LogP contribution >= 0.6 is 0 Å². The molecule has 3 atom stereocenters. The van der Waals surface area contributed by atoms with E-state index in [0.29, 0.717) is 30.3 Å². The number of nitrogens with zero attached hydrogens (tertiary/aromatic N) is 4. The lowest BCUT2D eigenvalue weighted by Gasteiger charge is -2.21. The predicted molar refractivity (Wildman–Crippen MR) is 97.0 cm³/mol. The van der Waals surface area contributed by atoms with Crippen molar-refractivity contribution in [1.82, 2.24) is 19.4 Å². The number of hydrogen-bond acceptors (Lipinski definition) is 5. The number of rotatable bonds is 6. The number of hydrogen-bond donors (Lipinski definition) is 1. The van der Waals surface area contributed by atoms with E-state index in [1.54, 1.807) is 0 Å². The summed E-state index contributed by atoms with van der Waals surface area (Å²) in [5, 5.41) is 0. The van der Waals surface area contributed by atoms with Gasteiger partial charge in [-0.3, -0.25) is 4.90 Å². The number of pyridine rings is 1. The van der Waals surface area contributed by atoms with E-state index in [9.17, 15) is 22.0 Å². The fraction of sp³-hybridized carbons (Fsp3) is 0.579. The molecule has 0 aromatic carbocycles. The molecule has 2 aromatic heterocycles. The molecular weight excluding hydrogens is 409 g/mol. The Morgan fingerprint density at radius 2 is 1.90 bits per heavy atom. The Morgan fingerprint density at radius 3 is 2.50 bits per heavy atom. The van der Waals surface area contributed by atoms with E-state index in [1.165, 1.54) is 17.2 Å². The van der Waals surface area contributed by atoms with Gasteiger partial charge in [-0.05, 0) is 30.7 Å². The third kappa shape index (κ3) is 3.70. The molecule has 0 spiro atoms. The van der Waals surface area contributed by atoms with E-state index in [2.05, 4.69) is 14.3 Å². The highest BCUT2D eigenvalue weighted by molar-refractivity contribution is 5.64. The Hall–Kier alpha value is -2.43. The number of imidazole rings is 1. The summed E-state index contributed by atoms with van der Waals surface area (Å²) < 4.78 is 69.6. The number of anilines is 1. The highest BCUT2D eigenvalue weighted by atomic mass is 19.4. The minimum absolute atomic E-state index is 0.129. The van der Waals surface area contributed by atoms with Crippen LogP contribution < -0.4 is 10.5 Å². The molecule has 2 saturated carbocycles. The van der Waals surface area contributed by atoms with Crippen LogP contribution in [0.1, 0.15) is 30.6 Å². The van der Waals surface area contributed by atoms with Crippen LogP contribution in [0.25, 0.3) is 11.3 Å². The van der Waals surface area contributed by atoms with Crippen LogP contribution in [0.3, 0.4) is 0 Å². The second-order valence-corrected chi connectivity index (χ2v) is 8.28. The number of piperidine rings is 1. The molecule has 11 heteroatoms. The number of nitrogens with two attached hydrogens (primary N) is 1. The molecule has 2 aromatic rings. The van der Waals surface area contributed by atoms with E-state index in [0.717, 1.165) is 18.7 Å². The monoisotopic (exact) mass is 429 g/mol. The molecule has 2 aliphatic carbocycles. The number of nitrogen functional groups attached to an aromatic ring is 1. The molecule has 162 valence electrons. The first-order chi connectivity index (χ1) is 14.2. The van der Waals surface area contributed by atoms with Crippen molar-refractivity contribution in [3.8, 4) is 17.0 Å². The molecule has 3 heterocycles. The van der Waals surface area contributed by atoms with Crippen molar-refractivity contribution in [3.63, 3.8) is 0 Å². The van der Waals surface area contributed by atoms with Gasteiger partial charge in [-0.1, -0.05) is 0 Å². The Bertz CT molecular complexity index is 945. The molecule has 5 rings (SSSR count). The molecule has 1 unspecified atom stereocenters. The maximum atomic E-state index is 12.7. The second kappa shape index (κ2) is 6.79. The molecule has 2 N–H and O–H groups in total. The van der Waals surface area contributed by atoms with Gasteiger partial charge in [0.1, 0.15) is 5.82 Å². The molecule has 1 saturated heterocycles. The van der Waals surface area contributed by atoms with E-state index in [-0.39, 0.29) is 29.4 Å². The first kappa shape index (κ1) is 19.5. The quantitative estimate of drug-likeness (QED) is 0.710. The Labute approximate surface area is 168 Å². The Kier molecular flexibility index (Phi) is 4.42. The largest absolute Gasteiger partial charge is 0.431 e. The zero-order chi connectivity index (χ0) is 21.2. The number of halogens is 5. The van der Waals surface area contributed by atoms with Crippen LogP contribution in [0.2, 0.25) is 0 Å². The normalized spacial score (nSPS) is 26.3. The summed E-state index contributed by atoms with van der Waals surface area (Å²) >= 11 is 0. The van der Waals surface area contributed by atoms with E-state index in [4.69, 9.17) is 10.7 Å². The van der Waals surface area contributed by atoms with E-state index >= 15 is 0 Å². The topological polar surface area (TPSA) is 69.2 Å². The van der Waals surface area contributed by atoms with Gasteiger partial charge in [-0.25, -0.2) is 9.97 Å². The summed E-state index contributed by atoms with van der Waals surface area (Å²) in [5.41, 5.74) is 6.68. The van der Waals surface area contributed by atoms with Crippen molar-refractivity contribution in [2.75, 3.05) is 25.4 Å². The fourth-order valence-corrected chi connectivity index (χ4v) is 4.59. The van der Waals surface area contributed by atoms with Crippen molar-refractivity contribution in [2.45, 2.75) is 37.6 Å². The number of fused-ring (bicyclic) bond motifs is 1. The number of aromatic nitrogens is 3. The average molecular weight is 429 g/mol. The maximum absolute atomic E-state index is 12.7. The lowest BCUT2D eigenvalue weighted by atomic mass is 10.2. The summed E-state index contributed by atoms with van der Waals surface area (Å²) in [6.45, 7) is -3.05. The number of alkyl halides is 5. The smallest absolute Gasteiger partial charge is 0.401 e. The van der Waals surface area contributed by atoms with Gasteiger partial charge in [-0.15, -0.1) is 0 Å². The summed E-state index contributed by atoms with van der Waals surface area (Å²) in [6, 6.07) is 1.52. The van der Waals surface area contributed by atoms with Gasteiger partial charge in [0.2, 0.25) is 0 Å². The Morgan fingerprint density at radius 1 is 1.20 bits per heavy atom. The first-order valence-corrected chi connectivity index (χ1v) is 9.78. The summed E-state index contributed by atoms with van der Waals surface area (Å²) in [6.07, 6.45) is 1.14. The molecule has 0 bridgehead atoms. The predicted octanol–water partition coefficient (Wildman–Crippen LogP) is 3.67. The summed E-state index contributed by atoms with van der Waals surface area (Å²) in [4.78, 5) is 10.1. The van der Waals surface area contributed by atoms with Crippen LogP contribution in [-0.2, 0) is 0 Å². The second-order valence-electron chi connectivity index (χ2n) is 8.28. The van der Waals surface area contributed by atoms with Crippen molar-refractivity contribution in [3.05, 3.63) is 24.3 Å². The third-order valence-corrected chi connectivity index (χ3v) is 6.05. The highest BCUT2D eigenvalue weighted by Gasteiger charge is 2.58. The van der Waals surface area contributed by atoms with Crippen LogP contribution in [0, 0.1) is 11.8 Å². The van der Waals surface area contributed by atoms with Crippen LogP contribution in [0.15, 0.2) is 18.5 Å². The number of likely N-dealkylation sites (tertiary alicyclic amines) is 1. The zero-order valence-electron chi connectivity index (χ0n) is 15.8. The van der Waals surface area contributed by atoms with E-state index < -0.39 is 19.3 Å². The van der Waals surface area contributed by atoms with Gasteiger partial charge in [0.05, 0.1) is 12.2 Å². The van der Waals surface area contributed by atoms with Gasteiger partial charge in [0.15, 0.2) is 11.6 Å². The van der Waals surface area contributed by atoms with Gasteiger partial charge < -0.3 is 15.0 Å². The van der Waals surface area contributed by atoms with Gasteiger partial charge in [-0.2, -0.15) is 22.0 Å². The van der Waals surface area contributed by atoms with Crippen LogP contribution in [-0.4, -0.2) is 51.9 Å². The number of ether oxygens (including phenoxy) is 1. The minimum Gasteiger partial charge on any atom is -0.431 e. The SMILES string of the molecule is Nc1ncc(-c2cn(C3[C@H]4CN(CC(F)(F)F)C[C@@H]34)c(C3CC3)n2)cc1OC(F)F. The molecule has 3 aliphatic rings. The standard InChI is InChI=1S/C19H20F5N5O/c20-18(21)30-14-3-10(4-26-16(14)25)13-7-29(17(27-13)9-1-2-9)15-11-5-28(6-12(11)15)8-19(22,23)24/h3-4,7,9,11-12,15,18H,1-2,5-6,8H2,(H2,25,26)/t11-,12+,15?. The summed E-state index contributed by atoms with van der Waals surface area (Å²) in [7, 11) is 0. The van der Waals surface area contributed by atoms with E-state index in [1.807, 2.05) is 6.20 Å². The molecule has 3 fully saturated rings. The molecule has 0 amide bonds. The van der Waals surface area contributed by atoms with Crippen LogP contribution in [0.4, 0.5) is 27.8 Å². The average Bonchev–Trinajstić information content (AvgIpc) is 3.51. The first-order valence-electron chi connectivity index (χ1n) is 9.78. The molecule has 1 aliphatic heterocycles. The van der Waals surface area contributed by atoms with Crippen LogP contribution in [0.5, 0.6) is 5.75 Å². The summed E-state index contributed by atoms with van der Waals surface area (Å²) in [5.74, 6) is 1.23. The van der Waals surface area contributed by atoms with Gasteiger partial charge in [0.25, 0.3) is 0 Å². The fourth-order valence-electron chi connectivity index (χ4n) is 4.59. The lowest BCUT2D eigenvalue weighted by molar-refractivity contribution is -0.144. The highest BCUT2D eigenvalue weighted by Crippen LogP contribution is 2.57. The van der Waals surface area contributed by atoms with Crippen molar-refractivity contribution < 1.29 is 26.7 Å². The third-order valence-electron chi connectivity index (χ3n) is 6.05. The minimum atomic E-state index is -4.19. The molecule has 6 nitrogen and oxygen atoms in total.